The van der Waals surface area contributed by atoms with Gasteiger partial charge in [0.15, 0.2) is 0 Å². The van der Waals surface area contributed by atoms with Crippen molar-refractivity contribution in [2.24, 2.45) is 0 Å². The maximum atomic E-state index is 12.4. The average molecular weight is 384 g/mol. The summed E-state index contributed by atoms with van der Waals surface area (Å²) >= 11 is 1.35. The van der Waals surface area contributed by atoms with Gasteiger partial charge in [-0.1, -0.05) is 0 Å². The van der Waals surface area contributed by atoms with Gasteiger partial charge in [-0.2, -0.15) is 0 Å². The molecule has 0 saturated carbocycles. The highest BCUT2D eigenvalue weighted by Crippen LogP contribution is 2.45. The second kappa shape index (κ2) is 6.76. The molecule has 2 aliphatic heterocycles. The van der Waals surface area contributed by atoms with Gasteiger partial charge < -0.3 is 9.15 Å². The van der Waals surface area contributed by atoms with Gasteiger partial charge in [-0.15, -0.1) is 11.8 Å². The van der Waals surface area contributed by atoms with Gasteiger partial charge in [-0.25, -0.2) is 4.79 Å². The number of nitro benzene ring substituents is 1. The summed E-state index contributed by atoms with van der Waals surface area (Å²) in [4.78, 5) is 36.2. The standard InChI is InChI=1S/C18H12N2O6S/c21-16-14(8-13-2-1-7-25-13)17-19(16)15(10-27-17)18(22)26-9-11-3-5-12(6-4-11)20(23)24/h1-8,10,17H,9H2/b14-8-. The van der Waals surface area contributed by atoms with E-state index in [1.54, 1.807) is 23.6 Å². The van der Waals surface area contributed by atoms with Gasteiger partial charge >= 0.3 is 5.97 Å². The molecule has 0 bridgehead atoms. The number of furan rings is 1. The first kappa shape index (κ1) is 17.1. The molecule has 1 saturated heterocycles. The number of carbonyl (C=O) groups is 2. The molecule has 0 spiro atoms. The summed E-state index contributed by atoms with van der Waals surface area (Å²) in [5.74, 6) is -0.304. The summed E-state index contributed by atoms with van der Waals surface area (Å²) in [5.41, 5.74) is 1.33. The molecule has 3 heterocycles. The highest BCUT2D eigenvalue weighted by Gasteiger charge is 2.49. The van der Waals surface area contributed by atoms with Gasteiger partial charge in [0.2, 0.25) is 0 Å². The van der Waals surface area contributed by atoms with E-state index in [1.807, 2.05) is 0 Å². The Hall–Kier alpha value is -3.33. The number of nitrogens with zero attached hydrogens (tertiary/aromatic N) is 2. The number of thioether (sulfide) groups is 1. The molecule has 1 unspecified atom stereocenters. The SMILES string of the molecule is O=C(OCc1ccc([N+](=O)[O-])cc1)C1=CSC2/C(=C\c3ccco3)C(=O)N12. The number of β-lactam (4-membered cyclic amide) rings is 1. The highest BCUT2D eigenvalue weighted by molar-refractivity contribution is 8.03. The number of ether oxygens (including phenoxy) is 1. The molecule has 136 valence electrons. The molecule has 0 N–H and O–H groups in total. The third-order valence-electron chi connectivity index (χ3n) is 4.10. The lowest BCUT2D eigenvalue weighted by atomic mass is 10.0. The van der Waals surface area contributed by atoms with Crippen molar-refractivity contribution >= 4 is 35.4 Å². The molecule has 2 aromatic rings. The van der Waals surface area contributed by atoms with E-state index in [0.29, 0.717) is 16.9 Å². The third kappa shape index (κ3) is 3.13. The minimum absolute atomic E-state index is 0.0372. The Labute approximate surface area is 157 Å². The van der Waals surface area contributed by atoms with E-state index in [-0.39, 0.29) is 29.3 Å². The van der Waals surface area contributed by atoms with Crippen molar-refractivity contribution in [3.05, 3.63) is 80.8 Å². The monoisotopic (exact) mass is 384 g/mol. The van der Waals surface area contributed by atoms with Crippen molar-refractivity contribution in [2.75, 3.05) is 0 Å². The first-order chi connectivity index (χ1) is 13.0. The second-order valence-electron chi connectivity index (χ2n) is 5.78. The minimum atomic E-state index is -0.617. The second-order valence-corrected chi connectivity index (χ2v) is 6.74. The van der Waals surface area contributed by atoms with Crippen LogP contribution in [0.25, 0.3) is 6.08 Å². The van der Waals surface area contributed by atoms with E-state index in [0.717, 1.165) is 0 Å². The summed E-state index contributed by atoms with van der Waals surface area (Å²) in [6, 6.07) is 9.20. The van der Waals surface area contributed by atoms with Crippen LogP contribution in [0, 0.1) is 10.1 Å². The summed E-state index contributed by atoms with van der Waals surface area (Å²) in [6.07, 6.45) is 3.18. The fraction of sp³-hybridized carbons (Fsp3) is 0.111. The van der Waals surface area contributed by atoms with Crippen LogP contribution in [0.5, 0.6) is 0 Å². The van der Waals surface area contributed by atoms with Crippen LogP contribution in [0.4, 0.5) is 5.69 Å². The molecule has 1 amide bonds. The Balaban J connectivity index is 1.38. The Morgan fingerprint density at radius 1 is 1.33 bits per heavy atom. The first-order valence-corrected chi connectivity index (χ1v) is 8.83. The van der Waals surface area contributed by atoms with Gasteiger partial charge in [-0.3, -0.25) is 19.8 Å². The van der Waals surface area contributed by atoms with Gasteiger partial charge in [-0.05, 0) is 35.9 Å². The van der Waals surface area contributed by atoms with E-state index in [4.69, 9.17) is 9.15 Å². The minimum Gasteiger partial charge on any atom is -0.465 e. The molecule has 4 rings (SSSR count). The van der Waals surface area contributed by atoms with Gasteiger partial charge in [0.25, 0.3) is 11.6 Å². The smallest absolute Gasteiger partial charge is 0.355 e. The fourth-order valence-electron chi connectivity index (χ4n) is 2.72. The van der Waals surface area contributed by atoms with Crippen molar-refractivity contribution in [2.45, 2.75) is 12.0 Å². The third-order valence-corrected chi connectivity index (χ3v) is 5.18. The Bertz CT molecular complexity index is 978. The van der Waals surface area contributed by atoms with Gasteiger partial charge in [0.1, 0.15) is 23.4 Å². The van der Waals surface area contributed by atoms with Crippen molar-refractivity contribution in [1.82, 2.24) is 4.90 Å². The Morgan fingerprint density at radius 2 is 2.11 bits per heavy atom. The van der Waals surface area contributed by atoms with Gasteiger partial charge in [0.05, 0.1) is 16.8 Å². The average Bonchev–Trinajstić information content (AvgIpc) is 3.32. The zero-order valence-corrected chi connectivity index (χ0v) is 14.5. The number of hydrogen-bond donors (Lipinski definition) is 0. The first-order valence-electron chi connectivity index (χ1n) is 7.89. The van der Waals surface area contributed by atoms with Crippen LogP contribution in [-0.2, 0) is 20.9 Å². The number of esters is 1. The molecule has 0 radical (unpaired) electrons. The van der Waals surface area contributed by atoms with Gasteiger partial charge in [0, 0.05) is 17.5 Å². The molecular formula is C18H12N2O6S. The van der Waals surface area contributed by atoms with E-state index in [2.05, 4.69) is 0 Å². The van der Waals surface area contributed by atoms with Crippen LogP contribution >= 0.6 is 11.8 Å². The lowest BCUT2D eigenvalue weighted by Crippen LogP contribution is -2.51. The molecule has 9 heteroatoms. The number of fused-ring (bicyclic) bond motifs is 1. The number of benzene rings is 1. The Morgan fingerprint density at radius 3 is 2.78 bits per heavy atom. The molecule has 1 aromatic carbocycles. The van der Waals surface area contributed by atoms with Crippen molar-refractivity contribution in [1.29, 1.82) is 0 Å². The molecule has 1 atom stereocenters. The van der Waals surface area contributed by atoms with Crippen LogP contribution in [0.3, 0.4) is 0 Å². The maximum absolute atomic E-state index is 12.4. The molecule has 27 heavy (non-hydrogen) atoms. The van der Waals surface area contributed by atoms with Crippen LogP contribution < -0.4 is 0 Å². The summed E-state index contributed by atoms with van der Waals surface area (Å²) in [7, 11) is 0. The van der Waals surface area contributed by atoms with Crippen LogP contribution in [0.1, 0.15) is 11.3 Å². The normalized spacial score (nSPS) is 19.5. The topological polar surface area (TPSA) is 103 Å². The predicted molar refractivity (Wildman–Crippen MR) is 95.9 cm³/mol. The highest BCUT2D eigenvalue weighted by atomic mass is 32.2. The van der Waals surface area contributed by atoms with Crippen molar-refractivity contribution in [3.63, 3.8) is 0 Å². The van der Waals surface area contributed by atoms with Crippen LogP contribution in [0.2, 0.25) is 0 Å². The molecule has 2 aliphatic rings. The number of nitro groups is 1. The number of carbonyl (C=O) groups excluding carboxylic acids is 2. The van der Waals surface area contributed by atoms with Crippen LogP contribution in [0.15, 0.2) is 63.8 Å². The predicted octanol–water partition coefficient (Wildman–Crippen LogP) is 3.07. The Kier molecular flexibility index (Phi) is 4.28. The summed E-state index contributed by atoms with van der Waals surface area (Å²) in [5, 5.41) is 12.0. The van der Waals surface area contributed by atoms with Crippen LogP contribution in [-0.4, -0.2) is 27.1 Å². The number of rotatable bonds is 5. The lowest BCUT2D eigenvalue weighted by Gasteiger charge is -2.37. The zero-order valence-electron chi connectivity index (χ0n) is 13.7. The molecule has 1 fully saturated rings. The molecule has 0 aliphatic carbocycles. The quantitative estimate of drug-likeness (QED) is 0.257. The largest absolute Gasteiger partial charge is 0.465 e. The number of non-ortho nitro benzene ring substituents is 1. The number of hydrogen-bond acceptors (Lipinski definition) is 7. The van der Waals surface area contributed by atoms with Crippen molar-refractivity contribution in [3.8, 4) is 0 Å². The zero-order chi connectivity index (χ0) is 19.0. The van der Waals surface area contributed by atoms with E-state index in [9.17, 15) is 19.7 Å². The number of amides is 1. The maximum Gasteiger partial charge on any atom is 0.355 e. The molecule has 8 nitrogen and oxygen atoms in total. The van der Waals surface area contributed by atoms with Crippen molar-refractivity contribution < 1.29 is 23.7 Å². The molecule has 1 aromatic heterocycles. The van der Waals surface area contributed by atoms with E-state index in [1.165, 1.54) is 47.2 Å². The van der Waals surface area contributed by atoms with E-state index < -0.39 is 10.9 Å². The fourth-order valence-corrected chi connectivity index (χ4v) is 3.84. The lowest BCUT2D eigenvalue weighted by molar-refractivity contribution is -0.384. The summed E-state index contributed by atoms with van der Waals surface area (Å²) < 4.78 is 10.4. The molecular weight excluding hydrogens is 372 g/mol. The van der Waals surface area contributed by atoms with E-state index >= 15 is 0 Å². The summed E-state index contributed by atoms with van der Waals surface area (Å²) in [6.45, 7) is -0.0410.